The van der Waals surface area contributed by atoms with Crippen LogP contribution < -0.4 is 5.73 Å². The van der Waals surface area contributed by atoms with Crippen LogP contribution in [0.4, 0.5) is 0 Å². The highest BCUT2D eigenvalue weighted by Crippen LogP contribution is 2.08. The van der Waals surface area contributed by atoms with Crippen LogP contribution in [0.25, 0.3) is 6.08 Å². The number of aromatic nitrogens is 1. The first-order valence-electron chi connectivity index (χ1n) is 4.16. The molecule has 1 aromatic rings. The highest BCUT2D eigenvalue weighted by Gasteiger charge is 2.10. The van der Waals surface area contributed by atoms with Gasteiger partial charge in [0.15, 0.2) is 5.69 Å². The molecule has 0 unspecified atom stereocenters. The number of primary amides is 1. The van der Waals surface area contributed by atoms with Crippen LogP contribution in [0.15, 0.2) is 24.4 Å². The zero-order chi connectivity index (χ0) is 11.3. The van der Waals surface area contributed by atoms with E-state index in [4.69, 9.17) is 5.73 Å². The third-order valence-corrected chi connectivity index (χ3v) is 1.64. The third kappa shape index (κ3) is 2.91. The number of ether oxygens (including phenoxy) is 1. The number of carbonyl (C=O) groups excluding carboxylic acids is 2. The van der Waals surface area contributed by atoms with E-state index in [0.29, 0.717) is 5.56 Å². The highest BCUT2D eigenvalue weighted by atomic mass is 16.5. The van der Waals surface area contributed by atoms with Crippen molar-refractivity contribution in [2.24, 2.45) is 5.73 Å². The van der Waals surface area contributed by atoms with Crippen molar-refractivity contribution >= 4 is 18.0 Å². The number of esters is 1. The van der Waals surface area contributed by atoms with Gasteiger partial charge in [0.2, 0.25) is 5.91 Å². The molecule has 0 aromatic carbocycles. The van der Waals surface area contributed by atoms with Crippen LogP contribution in [-0.2, 0) is 9.53 Å². The molecule has 0 aliphatic heterocycles. The van der Waals surface area contributed by atoms with E-state index >= 15 is 0 Å². The first-order valence-corrected chi connectivity index (χ1v) is 4.16. The molecule has 0 atom stereocenters. The number of hydrogen-bond donors (Lipinski definition) is 1. The number of hydrogen-bond acceptors (Lipinski definition) is 4. The number of pyridine rings is 1. The van der Waals surface area contributed by atoms with E-state index < -0.39 is 11.9 Å². The third-order valence-electron chi connectivity index (χ3n) is 1.64. The Kier molecular flexibility index (Phi) is 3.56. The molecular formula is C10H10N2O3. The minimum absolute atomic E-state index is 0.150. The molecule has 5 nitrogen and oxygen atoms in total. The summed E-state index contributed by atoms with van der Waals surface area (Å²) in [5, 5.41) is 0. The van der Waals surface area contributed by atoms with Crippen molar-refractivity contribution in [1.29, 1.82) is 0 Å². The molecule has 2 N–H and O–H groups in total. The lowest BCUT2D eigenvalue weighted by Gasteiger charge is -2.01. The molecule has 0 spiro atoms. The number of carbonyl (C=O) groups is 2. The molecule has 0 saturated carbocycles. The van der Waals surface area contributed by atoms with Crippen LogP contribution in [0, 0.1) is 0 Å². The summed E-state index contributed by atoms with van der Waals surface area (Å²) >= 11 is 0. The summed E-state index contributed by atoms with van der Waals surface area (Å²) in [6.07, 6.45) is 4.04. The van der Waals surface area contributed by atoms with Crippen molar-refractivity contribution in [3.63, 3.8) is 0 Å². The summed E-state index contributed by atoms with van der Waals surface area (Å²) in [7, 11) is 1.26. The van der Waals surface area contributed by atoms with Crippen molar-refractivity contribution in [3.05, 3.63) is 35.7 Å². The number of rotatable bonds is 3. The Balaban J connectivity index is 3.06. The maximum absolute atomic E-state index is 11.2. The lowest BCUT2D eigenvalue weighted by atomic mass is 10.2. The Morgan fingerprint density at radius 2 is 2.27 bits per heavy atom. The molecule has 15 heavy (non-hydrogen) atoms. The van der Waals surface area contributed by atoms with Gasteiger partial charge in [-0.3, -0.25) is 4.79 Å². The molecule has 0 saturated heterocycles. The fraction of sp³-hybridized carbons (Fsp3) is 0.100. The smallest absolute Gasteiger partial charge is 0.357 e. The molecule has 0 bridgehead atoms. The normalized spacial score (nSPS) is 10.2. The molecule has 78 valence electrons. The van der Waals surface area contributed by atoms with E-state index in [2.05, 4.69) is 9.72 Å². The molecule has 0 aliphatic rings. The standard InChI is InChI=1S/C10H10N2O3/c1-15-10(14)9-7(3-2-6-12-9)4-5-8(11)13/h2-6H,1H3,(H2,11,13). The fourth-order valence-electron chi connectivity index (χ4n) is 0.991. The number of amides is 1. The van der Waals surface area contributed by atoms with Crippen molar-refractivity contribution in [2.45, 2.75) is 0 Å². The molecular weight excluding hydrogens is 196 g/mol. The summed E-state index contributed by atoms with van der Waals surface area (Å²) in [5.74, 6) is -1.14. The zero-order valence-electron chi connectivity index (χ0n) is 8.14. The van der Waals surface area contributed by atoms with Crippen LogP contribution in [0.3, 0.4) is 0 Å². The topological polar surface area (TPSA) is 82.3 Å². The second-order valence-electron chi connectivity index (χ2n) is 2.67. The van der Waals surface area contributed by atoms with Gasteiger partial charge in [0.1, 0.15) is 0 Å². The predicted octanol–water partition coefficient (Wildman–Crippen LogP) is 0.367. The van der Waals surface area contributed by atoms with Gasteiger partial charge in [0, 0.05) is 17.8 Å². The maximum atomic E-state index is 11.2. The minimum Gasteiger partial charge on any atom is -0.464 e. The van der Waals surface area contributed by atoms with Gasteiger partial charge >= 0.3 is 5.97 Å². The van der Waals surface area contributed by atoms with Crippen LogP contribution in [0.2, 0.25) is 0 Å². The first-order chi connectivity index (χ1) is 7.15. The van der Waals surface area contributed by atoms with Gasteiger partial charge in [-0.25, -0.2) is 9.78 Å². The lowest BCUT2D eigenvalue weighted by Crippen LogP contribution is -2.08. The molecule has 5 heteroatoms. The monoisotopic (exact) mass is 206 g/mol. The Bertz CT molecular complexity index is 413. The molecule has 0 radical (unpaired) electrons. The summed E-state index contributed by atoms with van der Waals surface area (Å²) in [4.78, 5) is 25.6. The molecule has 1 heterocycles. The largest absolute Gasteiger partial charge is 0.464 e. The lowest BCUT2D eigenvalue weighted by molar-refractivity contribution is -0.113. The van der Waals surface area contributed by atoms with E-state index in [9.17, 15) is 9.59 Å². The molecule has 0 aliphatic carbocycles. The first kappa shape index (κ1) is 10.9. The average molecular weight is 206 g/mol. The second kappa shape index (κ2) is 4.90. The van der Waals surface area contributed by atoms with Gasteiger partial charge in [0.25, 0.3) is 0 Å². The number of nitrogens with two attached hydrogens (primary N) is 1. The van der Waals surface area contributed by atoms with Crippen LogP contribution in [0.1, 0.15) is 16.1 Å². The van der Waals surface area contributed by atoms with Gasteiger partial charge in [-0.2, -0.15) is 0 Å². The highest BCUT2D eigenvalue weighted by molar-refractivity contribution is 5.95. The van der Waals surface area contributed by atoms with E-state index in [0.717, 1.165) is 6.08 Å². The summed E-state index contributed by atoms with van der Waals surface area (Å²) in [6.45, 7) is 0. The second-order valence-corrected chi connectivity index (χ2v) is 2.67. The van der Waals surface area contributed by atoms with Crippen molar-refractivity contribution in [2.75, 3.05) is 7.11 Å². The van der Waals surface area contributed by atoms with Crippen LogP contribution in [-0.4, -0.2) is 24.0 Å². The van der Waals surface area contributed by atoms with Gasteiger partial charge in [0.05, 0.1) is 7.11 Å². The Hall–Kier alpha value is -2.17. The zero-order valence-corrected chi connectivity index (χ0v) is 8.14. The van der Waals surface area contributed by atoms with Crippen molar-refractivity contribution in [1.82, 2.24) is 4.98 Å². The Labute approximate surface area is 86.6 Å². The van der Waals surface area contributed by atoms with Crippen LogP contribution in [0.5, 0.6) is 0 Å². The van der Waals surface area contributed by atoms with E-state index in [1.807, 2.05) is 0 Å². The quantitative estimate of drug-likeness (QED) is 0.572. The molecule has 1 aromatic heterocycles. The SMILES string of the molecule is COC(=O)c1ncccc1C=CC(N)=O. The van der Waals surface area contributed by atoms with Gasteiger partial charge in [-0.05, 0) is 12.1 Å². The number of nitrogens with zero attached hydrogens (tertiary/aromatic N) is 1. The molecule has 1 rings (SSSR count). The van der Waals surface area contributed by atoms with Gasteiger partial charge in [-0.1, -0.05) is 6.07 Å². The summed E-state index contributed by atoms with van der Waals surface area (Å²) in [5.41, 5.74) is 5.58. The average Bonchev–Trinajstić information content (AvgIpc) is 2.25. The maximum Gasteiger partial charge on any atom is 0.357 e. The Morgan fingerprint density at radius 3 is 2.87 bits per heavy atom. The molecule has 0 fully saturated rings. The van der Waals surface area contributed by atoms with E-state index in [1.165, 1.54) is 19.4 Å². The minimum atomic E-state index is -0.588. The van der Waals surface area contributed by atoms with E-state index in [1.54, 1.807) is 12.1 Å². The van der Waals surface area contributed by atoms with E-state index in [-0.39, 0.29) is 5.69 Å². The van der Waals surface area contributed by atoms with Crippen LogP contribution >= 0.6 is 0 Å². The molecule has 1 amide bonds. The predicted molar refractivity (Wildman–Crippen MR) is 53.8 cm³/mol. The Morgan fingerprint density at radius 1 is 1.53 bits per heavy atom. The van der Waals surface area contributed by atoms with Gasteiger partial charge in [-0.15, -0.1) is 0 Å². The number of methoxy groups -OCH3 is 1. The van der Waals surface area contributed by atoms with Crippen molar-refractivity contribution in [3.8, 4) is 0 Å². The summed E-state index contributed by atoms with van der Waals surface area (Å²) in [6, 6.07) is 3.28. The van der Waals surface area contributed by atoms with Crippen molar-refractivity contribution < 1.29 is 14.3 Å². The fourth-order valence-corrected chi connectivity index (χ4v) is 0.991. The summed E-state index contributed by atoms with van der Waals surface area (Å²) < 4.78 is 4.53. The van der Waals surface area contributed by atoms with Gasteiger partial charge < -0.3 is 10.5 Å².